The average molecular weight is 161 g/mol. The molecule has 0 amide bonds. The van der Waals surface area contributed by atoms with Crippen molar-refractivity contribution in [2.75, 3.05) is 0 Å². The highest BCUT2D eigenvalue weighted by atomic mass is 14.0. The second kappa shape index (κ2) is 4.55. The molecule has 0 nitrogen and oxygen atoms in total. The molecule has 0 spiro atoms. The molecule has 0 saturated heterocycles. The van der Waals surface area contributed by atoms with Gasteiger partial charge in [-0.05, 0) is 25.0 Å². The van der Waals surface area contributed by atoms with Crippen LogP contribution in [0.1, 0.15) is 23.5 Å². The predicted octanol–water partition coefficient (Wildman–Crippen LogP) is 3.67. The van der Waals surface area contributed by atoms with E-state index in [1.54, 1.807) is 13.8 Å². The lowest BCUT2D eigenvalue weighted by Gasteiger charge is -1.99. The van der Waals surface area contributed by atoms with Crippen LogP contribution >= 0.6 is 0 Å². The van der Waals surface area contributed by atoms with Crippen LogP contribution in [0.25, 0.3) is 5.57 Å². The van der Waals surface area contributed by atoms with E-state index < -0.39 is 0 Å². The standard InChI is InChI=1S/C12H14/c1-3-8-11(4-2)12-9-6-5-7-10-12/h3-10H,1-2H3/b8-3-,11-4+/i3D,4D,8D. The summed E-state index contributed by atoms with van der Waals surface area (Å²) in [4.78, 5) is 0. The highest BCUT2D eigenvalue weighted by Gasteiger charge is 1.92. The third-order valence-corrected chi connectivity index (χ3v) is 1.56. The van der Waals surface area contributed by atoms with E-state index >= 15 is 0 Å². The Labute approximate surface area is 78.5 Å². The van der Waals surface area contributed by atoms with Gasteiger partial charge in [-0.2, -0.15) is 0 Å². The summed E-state index contributed by atoms with van der Waals surface area (Å²) in [5, 5.41) is 0. The zero-order valence-electron chi connectivity index (χ0n) is 10.4. The molecule has 0 unspecified atom stereocenters. The fourth-order valence-electron chi connectivity index (χ4n) is 1.01. The van der Waals surface area contributed by atoms with Gasteiger partial charge in [0.2, 0.25) is 0 Å². The third-order valence-electron chi connectivity index (χ3n) is 1.56. The van der Waals surface area contributed by atoms with Crippen molar-refractivity contribution >= 4 is 5.57 Å². The van der Waals surface area contributed by atoms with Crippen molar-refractivity contribution in [1.29, 1.82) is 0 Å². The van der Waals surface area contributed by atoms with Crippen molar-refractivity contribution in [3.63, 3.8) is 0 Å². The summed E-state index contributed by atoms with van der Waals surface area (Å²) in [6, 6.07) is 9.94. The lowest BCUT2D eigenvalue weighted by atomic mass is 10.1. The Hall–Kier alpha value is -1.30. The predicted molar refractivity (Wildman–Crippen MR) is 54.9 cm³/mol. The molecule has 0 aromatic heterocycles. The largest absolute Gasteiger partial charge is 0.0871 e. The Kier molecular flexibility index (Phi) is 2.03. The maximum absolute atomic E-state index is 7.77. The van der Waals surface area contributed by atoms with Crippen LogP contribution in [-0.2, 0) is 0 Å². The van der Waals surface area contributed by atoms with E-state index in [0.717, 1.165) is 5.56 Å². The summed E-state index contributed by atoms with van der Waals surface area (Å²) >= 11 is 0. The lowest BCUT2D eigenvalue weighted by molar-refractivity contribution is 1.58. The van der Waals surface area contributed by atoms with Crippen molar-refractivity contribution in [2.45, 2.75) is 13.8 Å². The summed E-state index contributed by atoms with van der Waals surface area (Å²) in [5.74, 6) is 0. The number of hydrogen-bond acceptors (Lipinski definition) is 0. The van der Waals surface area contributed by atoms with Crippen molar-refractivity contribution in [3.8, 4) is 0 Å². The Morgan fingerprint density at radius 3 is 2.42 bits per heavy atom. The van der Waals surface area contributed by atoms with Gasteiger partial charge in [-0.3, -0.25) is 0 Å². The molecule has 0 saturated carbocycles. The molecule has 12 heavy (non-hydrogen) atoms. The van der Waals surface area contributed by atoms with E-state index in [9.17, 15) is 0 Å². The Morgan fingerprint density at radius 1 is 1.25 bits per heavy atom. The van der Waals surface area contributed by atoms with Gasteiger partial charge < -0.3 is 0 Å². The molecule has 0 atom stereocenters. The molecule has 0 aliphatic carbocycles. The van der Waals surface area contributed by atoms with E-state index in [-0.39, 0.29) is 12.1 Å². The van der Waals surface area contributed by atoms with Crippen molar-refractivity contribution < 1.29 is 4.11 Å². The third kappa shape index (κ3) is 2.09. The fourth-order valence-corrected chi connectivity index (χ4v) is 1.01. The molecule has 0 bridgehead atoms. The van der Waals surface area contributed by atoms with Gasteiger partial charge >= 0.3 is 0 Å². The molecule has 0 aliphatic heterocycles. The Bertz CT molecular complexity index is 394. The van der Waals surface area contributed by atoms with E-state index in [1.807, 2.05) is 30.3 Å². The van der Waals surface area contributed by atoms with E-state index in [4.69, 9.17) is 4.11 Å². The second-order valence-electron chi connectivity index (χ2n) is 2.37. The van der Waals surface area contributed by atoms with Crippen LogP contribution in [0.15, 0.2) is 48.5 Å². The normalized spacial score (nSPS) is 18.3. The first-order valence-electron chi connectivity index (χ1n) is 5.41. The molecule has 0 heteroatoms. The van der Waals surface area contributed by atoms with Gasteiger partial charge in [0.1, 0.15) is 0 Å². The van der Waals surface area contributed by atoms with E-state index in [0.29, 0.717) is 11.6 Å². The zero-order valence-corrected chi connectivity index (χ0v) is 7.39. The monoisotopic (exact) mass is 161 g/mol. The van der Waals surface area contributed by atoms with Crippen molar-refractivity contribution in [1.82, 2.24) is 0 Å². The first-order valence-corrected chi connectivity index (χ1v) is 3.91. The molecule has 0 aliphatic rings. The highest BCUT2D eigenvalue weighted by molar-refractivity contribution is 5.73. The van der Waals surface area contributed by atoms with Gasteiger partial charge in [-0.1, -0.05) is 48.5 Å². The number of rotatable bonds is 2. The molecule has 0 N–H and O–H groups in total. The Balaban J connectivity index is 3.31. The average Bonchev–Trinajstić information content (AvgIpc) is 2.18. The van der Waals surface area contributed by atoms with Crippen LogP contribution in [0, 0.1) is 0 Å². The van der Waals surface area contributed by atoms with Gasteiger partial charge in [-0.25, -0.2) is 0 Å². The second-order valence-corrected chi connectivity index (χ2v) is 2.37. The van der Waals surface area contributed by atoms with Crippen LogP contribution in [0.5, 0.6) is 0 Å². The van der Waals surface area contributed by atoms with Gasteiger partial charge in [0, 0.05) is 0 Å². The van der Waals surface area contributed by atoms with Crippen LogP contribution in [0.4, 0.5) is 0 Å². The van der Waals surface area contributed by atoms with Crippen molar-refractivity contribution in [3.05, 3.63) is 54.1 Å². The number of hydrogen-bond donors (Lipinski definition) is 0. The minimum absolute atomic E-state index is 0.119. The minimum Gasteiger partial charge on any atom is -0.0871 e. The molecule has 1 aromatic carbocycles. The van der Waals surface area contributed by atoms with E-state index in [2.05, 4.69) is 0 Å². The van der Waals surface area contributed by atoms with Crippen LogP contribution in [-0.4, -0.2) is 0 Å². The van der Waals surface area contributed by atoms with Crippen molar-refractivity contribution in [2.24, 2.45) is 0 Å². The van der Waals surface area contributed by atoms with Gasteiger partial charge in [0.25, 0.3) is 0 Å². The van der Waals surface area contributed by atoms with Crippen LogP contribution in [0.2, 0.25) is 0 Å². The van der Waals surface area contributed by atoms with Crippen LogP contribution < -0.4 is 0 Å². The number of benzene rings is 1. The minimum atomic E-state index is 0.119. The van der Waals surface area contributed by atoms with Crippen LogP contribution in [0.3, 0.4) is 0 Å². The molecule has 0 heterocycles. The molecule has 0 fully saturated rings. The number of allylic oxidation sites excluding steroid dienone is 4. The smallest absolute Gasteiger partial charge is 0.0626 e. The maximum Gasteiger partial charge on any atom is 0.0626 e. The SMILES string of the molecule is [2H]/C(C)=C([2H])/C(=C(/[2H])C)c1ccccc1. The molecule has 1 aromatic rings. The molecular formula is C12H14. The molecule has 0 radical (unpaired) electrons. The highest BCUT2D eigenvalue weighted by Crippen LogP contribution is 2.14. The quantitative estimate of drug-likeness (QED) is 0.580. The summed E-state index contributed by atoms with van der Waals surface area (Å²) in [7, 11) is 0. The summed E-state index contributed by atoms with van der Waals surface area (Å²) in [5.41, 5.74) is 1.35. The zero-order chi connectivity index (χ0) is 11.4. The molecule has 1 rings (SSSR count). The summed E-state index contributed by atoms with van der Waals surface area (Å²) < 4.78 is 22.8. The van der Waals surface area contributed by atoms with Gasteiger partial charge in [-0.15, -0.1) is 0 Å². The van der Waals surface area contributed by atoms with Gasteiger partial charge in [0.15, 0.2) is 0 Å². The lowest BCUT2D eigenvalue weighted by Crippen LogP contribution is -1.77. The summed E-state index contributed by atoms with van der Waals surface area (Å²) in [6.45, 7) is 3.20. The van der Waals surface area contributed by atoms with Gasteiger partial charge in [0.05, 0.1) is 4.11 Å². The Morgan fingerprint density at radius 2 is 1.92 bits per heavy atom. The fraction of sp³-hybridized carbons (Fsp3) is 0.167. The first kappa shape index (κ1) is 5.36. The van der Waals surface area contributed by atoms with E-state index in [1.165, 1.54) is 0 Å². The maximum atomic E-state index is 7.77. The first-order chi connectivity index (χ1) is 7.04. The molecular weight excluding hydrogens is 144 g/mol. The summed E-state index contributed by atoms with van der Waals surface area (Å²) in [6.07, 6.45) is 0. The molecule has 62 valence electrons. The topological polar surface area (TPSA) is 0 Å².